The van der Waals surface area contributed by atoms with Gasteiger partial charge in [-0.2, -0.15) is 0 Å². The minimum Gasteiger partial charge on any atom is -0.506 e. The van der Waals surface area contributed by atoms with Crippen molar-refractivity contribution in [1.29, 1.82) is 0 Å². The number of carbonyl (C=O) groups is 2. The molecule has 1 heterocycles. The fourth-order valence-electron chi connectivity index (χ4n) is 4.87. The van der Waals surface area contributed by atoms with Gasteiger partial charge in [0.25, 0.3) is 0 Å². The van der Waals surface area contributed by atoms with Crippen molar-refractivity contribution in [2.45, 2.75) is 6.42 Å². The Morgan fingerprint density at radius 2 is 1.64 bits per heavy atom. The molecule has 0 aromatic heterocycles. The van der Waals surface area contributed by atoms with E-state index in [0.29, 0.717) is 16.9 Å². The Hall–Kier alpha value is -1.81. The van der Waals surface area contributed by atoms with E-state index < -0.39 is 0 Å². The number of benzene rings is 1. The van der Waals surface area contributed by atoms with E-state index in [1.165, 1.54) is 12.1 Å². The topological polar surface area (TPSA) is 57.6 Å². The molecule has 1 saturated heterocycles. The molecule has 0 radical (unpaired) electrons. The van der Waals surface area contributed by atoms with Crippen LogP contribution in [0.5, 0.6) is 5.75 Å². The molecule has 22 heavy (non-hydrogen) atoms. The Morgan fingerprint density at radius 3 is 2.23 bits per heavy atom. The zero-order valence-corrected chi connectivity index (χ0v) is 12.4. The van der Waals surface area contributed by atoms with Gasteiger partial charge in [0.1, 0.15) is 5.75 Å². The van der Waals surface area contributed by atoms with E-state index in [-0.39, 0.29) is 46.9 Å². The average molecular weight is 316 g/mol. The van der Waals surface area contributed by atoms with Crippen LogP contribution >= 0.6 is 11.6 Å². The lowest BCUT2D eigenvalue weighted by Gasteiger charge is -2.37. The zero-order chi connectivity index (χ0) is 15.2. The SMILES string of the molecule is O=C1C2C3C=CC(C4CC34)C2C(=O)N1c1cc(Cl)ccc1O. The van der Waals surface area contributed by atoms with Crippen LogP contribution in [-0.2, 0) is 9.59 Å². The van der Waals surface area contributed by atoms with Gasteiger partial charge in [0, 0.05) is 5.02 Å². The summed E-state index contributed by atoms with van der Waals surface area (Å²) >= 11 is 5.97. The van der Waals surface area contributed by atoms with Crippen LogP contribution in [0.2, 0.25) is 5.02 Å². The maximum Gasteiger partial charge on any atom is 0.238 e. The number of hydrogen-bond acceptors (Lipinski definition) is 3. The van der Waals surface area contributed by atoms with Crippen LogP contribution < -0.4 is 4.90 Å². The molecule has 3 fully saturated rings. The molecule has 5 heteroatoms. The van der Waals surface area contributed by atoms with E-state index in [1.807, 2.05) is 0 Å². The standard InChI is InChI=1S/C17H14ClNO3/c18-7-1-4-13(20)12(5-7)19-16(21)14-8-2-3-9(11-6-10(8)11)15(14)17(19)22/h1-5,8-11,14-15,20H,6H2. The van der Waals surface area contributed by atoms with Crippen molar-refractivity contribution in [3.05, 3.63) is 35.4 Å². The van der Waals surface area contributed by atoms with Crippen LogP contribution in [0.1, 0.15) is 6.42 Å². The molecular weight excluding hydrogens is 302 g/mol. The lowest BCUT2D eigenvalue weighted by Crippen LogP contribution is -2.40. The van der Waals surface area contributed by atoms with E-state index in [2.05, 4.69) is 12.2 Å². The van der Waals surface area contributed by atoms with Crippen molar-refractivity contribution in [2.24, 2.45) is 35.5 Å². The molecule has 1 aromatic carbocycles. The van der Waals surface area contributed by atoms with E-state index in [9.17, 15) is 14.7 Å². The molecule has 112 valence electrons. The van der Waals surface area contributed by atoms with Gasteiger partial charge in [-0.25, -0.2) is 4.90 Å². The number of aromatic hydroxyl groups is 1. The fourth-order valence-corrected chi connectivity index (χ4v) is 5.04. The molecule has 1 aliphatic heterocycles. The summed E-state index contributed by atoms with van der Waals surface area (Å²) in [5.41, 5.74) is 0.213. The summed E-state index contributed by atoms with van der Waals surface area (Å²) in [7, 11) is 0. The van der Waals surface area contributed by atoms with Crippen LogP contribution in [0.4, 0.5) is 5.69 Å². The third-order valence-electron chi connectivity index (χ3n) is 5.84. The number of halogens is 1. The second-order valence-electron chi connectivity index (χ2n) is 6.80. The summed E-state index contributed by atoms with van der Waals surface area (Å²) < 4.78 is 0. The van der Waals surface area contributed by atoms with Crippen molar-refractivity contribution >= 4 is 29.1 Å². The number of imide groups is 1. The molecule has 6 atom stereocenters. The Balaban J connectivity index is 1.62. The van der Waals surface area contributed by atoms with E-state index in [4.69, 9.17) is 11.6 Å². The van der Waals surface area contributed by atoms with E-state index in [0.717, 1.165) is 11.3 Å². The molecule has 6 unspecified atom stereocenters. The monoisotopic (exact) mass is 315 g/mol. The summed E-state index contributed by atoms with van der Waals surface area (Å²) in [6, 6.07) is 4.45. The molecule has 6 rings (SSSR count). The predicted octanol–water partition coefficient (Wildman–Crippen LogP) is 2.60. The van der Waals surface area contributed by atoms with Crippen molar-refractivity contribution < 1.29 is 14.7 Å². The lowest BCUT2D eigenvalue weighted by atomic mass is 9.63. The summed E-state index contributed by atoms with van der Waals surface area (Å²) in [5.74, 6) is 0.534. The van der Waals surface area contributed by atoms with Crippen molar-refractivity contribution in [2.75, 3.05) is 4.90 Å². The highest BCUT2D eigenvalue weighted by molar-refractivity contribution is 6.31. The number of anilines is 1. The smallest absolute Gasteiger partial charge is 0.238 e. The molecule has 1 aromatic rings. The zero-order valence-electron chi connectivity index (χ0n) is 11.6. The summed E-state index contributed by atoms with van der Waals surface area (Å²) in [4.78, 5) is 26.9. The first kappa shape index (κ1) is 12.7. The fraction of sp³-hybridized carbons (Fsp3) is 0.412. The first-order chi connectivity index (χ1) is 10.6. The van der Waals surface area contributed by atoms with Gasteiger partial charge in [-0.3, -0.25) is 9.59 Å². The number of nitrogens with zero attached hydrogens (tertiary/aromatic N) is 1. The normalized spacial score (nSPS) is 40.9. The second-order valence-corrected chi connectivity index (χ2v) is 7.24. The number of phenols is 1. The highest BCUT2D eigenvalue weighted by Gasteiger charge is 2.67. The first-order valence-electron chi connectivity index (χ1n) is 7.62. The average Bonchev–Trinajstić information content (AvgIpc) is 3.28. The van der Waals surface area contributed by atoms with Crippen LogP contribution in [0.25, 0.3) is 0 Å². The van der Waals surface area contributed by atoms with Crippen LogP contribution in [-0.4, -0.2) is 16.9 Å². The van der Waals surface area contributed by atoms with Gasteiger partial charge in [-0.05, 0) is 48.3 Å². The van der Waals surface area contributed by atoms with Gasteiger partial charge in [0.05, 0.1) is 17.5 Å². The maximum absolute atomic E-state index is 12.9. The van der Waals surface area contributed by atoms with Gasteiger partial charge in [0.15, 0.2) is 0 Å². The van der Waals surface area contributed by atoms with Crippen molar-refractivity contribution in [1.82, 2.24) is 0 Å². The summed E-state index contributed by atoms with van der Waals surface area (Å²) in [5, 5.41) is 10.4. The minimum absolute atomic E-state index is 0.0878. The van der Waals surface area contributed by atoms with Crippen molar-refractivity contribution in [3.63, 3.8) is 0 Å². The summed E-state index contributed by atoms with van der Waals surface area (Å²) in [6.07, 6.45) is 5.40. The van der Waals surface area contributed by atoms with Crippen LogP contribution in [0, 0.1) is 35.5 Å². The van der Waals surface area contributed by atoms with Gasteiger partial charge in [0.2, 0.25) is 11.8 Å². The molecular formula is C17H14ClNO3. The van der Waals surface area contributed by atoms with E-state index >= 15 is 0 Å². The minimum atomic E-state index is -0.260. The van der Waals surface area contributed by atoms with Crippen LogP contribution in [0.3, 0.4) is 0 Å². The highest BCUT2D eigenvalue weighted by Crippen LogP contribution is 2.65. The molecule has 4 aliphatic carbocycles. The van der Waals surface area contributed by atoms with Gasteiger partial charge in [-0.15, -0.1) is 0 Å². The number of carbonyl (C=O) groups excluding carboxylic acids is 2. The maximum atomic E-state index is 12.9. The Kier molecular flexibility index (Phi) is 2.27. The van der Waals surface area contributed by atoms with E-state index in [1.54, 1.807) is 6.07 Å². The molecule has 2 bridgehead atoms. The molecule has 1 N–H and O–H groups in total. The molecule has 2 saturated carbocycles. The lowest BCUT2D eigenvalue weighted by molar-refractivity contribution is -0.124. The predicted molar refractivity (Wildman–Crippen MR) is 80.3 cm³/mol. The third kappa shape index (κ3) is 1.39. The van der Waals surface area contributed by atoms with Gasteiger partial charge >= 0.3 is 0 Å². The molecule has 4 nitrogen and oxygen atoms in total. The largest absolute Gasteiger partial charge is 0.506 e. The highest BCUT2D eigenvalue weighted by atomic mass is 35.5. The Labute approximate surface area is 132 Å². The van der Waals surface area contributed by atoms with Crippen molar-refractivity contribution in [3.8, 4) is 5.75 Å². The summed E-state index contributed by atoms with van der Waals surface area (Å²) in [6.45, 7) is 0. The molecule has 0 spiro atoms. The first-order valence-corrected chi connectivity index (χ1v) is 8.00. The number of amides is 2. The number of allylic oxidation sites excluding steroid dienone is 2. The molecule has 5 aliphatic rings. The number of rotatable bonds is 1. The third-order valence-corrected chi connectivity index (χ3v) is 6.08. The van der Waals surface area contributed by atoms with Gasteiger partial charge in [-0.1, -0.05) is 23.8 Å². The van der Waals surface area contributed by atoms with Gasteiger partial charge < -0.3 is 5.11 Å². The Bertz CT molecular complexity index is 722. The number of hydrogen-bond donors (Lipinski definition) is 1. The second kappa shape index (κ2) is 3.93. The Morgan fingerprint density at radius 1 is 1.05 bits per heavy atom. The van der Waals surface area contributed by atoms with Crippen LogP contribution in [0.15, 0.2) is 30.4 Å². The quantitative estimate of drug-likeness (QED) is 0.640. The molecule has 2 amide bonds. The number of phenolic OH excluding ortho intramolecular Hbond substituents is 1.